The molecule has 1 aromatic heterocycles. The van der Waals surface area contributed by atoms with E-state index in [1.165, 1.54) is 12.1 Å². The molecule has 0 spiro atoms. The van der Waals surface area contributed by atoms with E-state index in [2.05, 4.69) is 31.8 Å². The lowest BCUT2D eigenvalue weighted by Crippen LogP contribution is -2.16. The average molecular weight is 396 g/mol. The molecule has 0 aliphatic rings. The number of pyridine rings is 1. The highest BCUT2D eigenvalue weighted by molar-refractivity contribution is 9.10. The fourth-order valence-corrected chi connectivity index (χ4v) is 2.82. The number of nitrogens with zero attached hydrogens (tertiary/aromatic N) is 1. The molecule has 0 fully saturated rings. The van der Waals surface area contributed by atoms with Crippen LogP contribution >= 0.6 is 15.9 Å². The van der Waals surface area contributed by atoms with Crippen LogP contribution in [0.3, 0.4) is 0 Å². The van der Waals surface area contributed by atoms with Crippen molar-refractivity contribution in [3.8, 4) is 11.1 Å². The van der Waals surface area contributed by atoms with Crippen molar-refractivity contribution in [2.45, 2.75) is 6.18 Å². The number of rotatable bonds is 3. The van der Waals surface area contributed by atoms with Crippen LogP contribution in [0, 0.1) is 0 Å². The van der Waals surface area contributed by atoms with Gasteiger partial charge in [-0.15, -0.1) is 0 Å². The molecule has 0 bridgehead atoms. The fraction of sp³-hybridized carbons (Fsp3) is 0.118. The van der Waals surface area contributed by atoms with Gasteiger partial charge in [0.2, 0.25) is 0 Å². The number of alkyl halides is 3. The Kier molecular flexibility index (Phi) is 4.47. The van der Waals surface area contributed by atoms with Gasteiger partial charge in [-0.2, -0.15) is 13.2 Å². The van der Waals surface area contributed by atoms with Crippen molar-refractivity contribution in [3.05, 3.63) is 58.6 Å². The molecule has 3 nitrogen and oxygen atoms in total. The molecule has 0 aliphatic heterocycles. The molecule has 0 amide bonds. The van der Waals surface area contributed by atoms with Gasteiger partial charge in [-0.25, -0.2) is 10.4 Å². The molecule has 0 radical (unpaired) electrons. The van der Waals surface area contributed by atoms with Gasteiger partial charge in [-0.1, -0.05) is 34.1 Å². The molecular weight excluding hydrogens is 383 g/mol. The van der Waals surface area contributed by atoms with Crippen molar-refractivity contribution < 1.29 is 13.2 Å². The first-order valence-electron chi connectivity index (χ1n) is 7.09. The first-order valence-corrected chi connectivity index (χ1v) is 7.88. The third-order valence-electron chi connectivity index (χ3n) is 3.55. The lowest BCUT2D eigenvalue weighted by atomic mass is 10.00. The number of aromatic nitrogens is 1. The molecule has 24 heavy (non-hydrogen) atoms. The Morgan fingerprint density at radius 3 is 2.33 bits per heavy atom. The molecule has 1 heterocycles. The van der Waals surface area contributed by atoms with E-state index >= 15 is 0 Å². The third kappa shape index (κ3) is 3.37. The van der Waals surface area contributed by atoms with Crippen LogP contribution in [0.4, 0.5) is 19.0 Å². The molecule has 0 saturated heterocycles. The first-order chi connectivity index (χ1) is 11.4. The number of fused-ring (bicyclic) bond motifs is 1. The number of hydrogen-bond acceptors (Lipinski definition) is 3. The Morgan fingerprint density at radius 1 is 1.00 bits per heavy atom. The van der Waals surface area contributed by atoms with Crippen LogP contribution in [0.1, 0.15) is 5.56 Å². The van der Waals surface area contributed by atoms with E-state index in [9.17, 15) is 13.2 Å². The van der Waals surface area contributed by atoms with Gasteiger partial charge in [-0.05, 0) is 41.5 Å². The Hall–Kier alpha value is -2.12. The molecule has 3 aromatic rings. The molecule has 0 saturated carbocycles. The summed E-state index contributed by atoms with van der Waals surface area (Å²) in [5.41, 5.74) is 7.27. The summed E-state index contributed by atoms with van der Waals surface area (Å²) in [7, 11) is 1.71. The van der Waals surface area contributed by atoms with Crippen molar-refractivity contribution in [3.63, 3.8) is 0 Å². The summed E-state index contributed by atoms with van der Waals surface area (Å²) in [6, 6.07) is 12.6. The van der Waals surface area contributed by atoms with E-state index < -0.39 is 11.7 Å². The van der Waals surface area contributed by atoms with Gasteiger partial charge in [0.15, 0.2) is 0 Å². The summed E-state index contributed by atoms with van der Waals surface area (Å²) in [6.45, 7) is 0. The lowest BCUT2D eigenvalue weighted by Gasteiger charge is -2.12. The maximum absolute atomic E-state index is 12.8. The second kappa shape index (κ2) is 6.41. The van der Waals surface area contributed by atoms with Gasteiger partial charge in [0, 0.05) is 16.9 Å². The standard InChI is InChI=1S/C17H13BrF3N3/c1-22-24-16-9-14(13-7-6-12(18)8-15(13)23-16)10-2-4-11(5-3-10)17(19,20)21/h2-9,22H,1H3,(H,23,24). The monoisotopic (exact) mass is 395 g/mol. The summed E-state index contributed by atoms with van der Waals surface area (Å²) >= 11 is 3.41. The molecule has 0 unspecified atom stereocenters. The number of nitrogens with one attached hydrogen (secondary N) is 2. The topological polar surface area (TPSA) is 37.0 Å². The van der Waals surface area contributed by atoms with E-state index in [1.54, 1.807) is 13.1 Å². The van der Waals surface area contributed by atoms with E-state index in [0.717, 1.165) is 33.1 Å². The normalized spacial score (nSPS) is 11.7. The summed E-state index contributed by atoms with van der Waals surface area (Å²) in [6.07, 6.45) is -4.34. The first kappa shape index (κ1) is 16.7. The number of halogens is 4. The quantitative estimate of drug-likeness (QED) is 0.596. The highest BCUT2D eigenvalue weighted by Crippen LogP contribution is 2.34. The molecule has 2 aromatic carbocycles. The van der Waals surface area contributed by atoms with Crippen LogP contribution < -0.4 is 10.9 Å². The molecular formula is C17H13BrF3N3. The number of hydrazine groups is 1. The van der Waals surface area contributed by atoms with Crippen LogP contribution in [0.25, 0.3) is 22.0 Å². The number of hydrogen-bond donors (Lipinski definition) is 2. The van der Waals surface area contributed by atoms with Crippen LogP contribution in [0.15, 0.2) is 53.0 Å². The average Bonchev–Trinajstić information content (AvgIpc) is 2.53. The zero-order valence-corrected chi connectivity index (χ0v) is 14.2. The Bertz CT molecular complexity index is 877. The van der Waals surface area contributed by atoms with Gasteiger partial charge >= 0.3 is 6.18 Å². The highest BCUT2D eigenvalue weighted by Gasteiger charge is 2.30. The largest absolute Gasteiger partial charge is 0.416 e. The third-order valence-corrected chi connectivity index (χ3v) is 4.04. The van der Waals surface area contributed by atoms with Crippen molar-refractivity contribution in [2.75, 3.05) is 12.5 Å². The summed E-state index contributed by atoms with van der Waals surface area (Å²) in [5.74, 6) is 0.581. The molecule has 124 valence electrons. The van der Waals surface area contributed by atoms with Crippen LogP contribution in [0.5, 0.6) is 0 Å². The van der Waals surface area contributed by atoms with Crippen LogP contribution in [0.2, 0.25) is 0 Å². The minimum atomic E-state index is -4.34. The van der Waals surface area contributed by atoms with Crippen molar-refractivity contribution in [2.24, 2.45) is 0 Å². The Balaban J connectivity index is 2.16. The Morgan fingerprint density at radius 2 is 1.71 bits per heavy atom. The van der Waals surface area contributed by atoms with Crippen molar-refractivity contribution in [1.82, 2.24) is 10.4 Å². The fourth-order valence-electron chi connectivity index (χ4n) is 2.47. The van der Waals surface area contributed by atoms with E-state index in [4.69, 9.17) is 0 Å². The SMILES string of the molecule is CNNc1cc(-c2ccc(C(F)(F)F)cc2)c2ccc(Br)cc2n1. The second-order valence-electron chi connectivity index (χ2n) is 5.17. The minimum absolute atomic E-state index is 0.581. The zero-order valence-electron chi connectivity index (χ0n) is 12.6. The summed E-state index contributed by atoms with van der Waals surface area (Å²) < 4.78 is 39.1. The molecule has 0 aliphatic carbocycles. The van der Waals surface area contributed by atoms with Gasteiger partial charge in [0.1, 0.15) is 5.82 Å². The van der Waals surface area contributed by atoms with Crippen molar-refractivity contribution in [1.29, 1.82) is 0 Å². The van der Waals surface area contributed by atoms with Gasteiger partial charge in [0.25, 0.3) is 0 Å². The minimum Gasteiger partial charge on any atom is -0.306 e. The van der Waals surface area contributed by atoms with Crippen LogP contribution in [-0.2, 0) is 6.18 Å². The maximum atomic E-state index is 12.8. The summed E-state index contributed by atoms with van der Waals surface area (Å²) in [4.78, 5) is 4.49. The van der Waals surface area contributed by atoms with E-state index in [1.807, 2.05) is 18.2 Å². The summed E-state index contributed by atoms with van der Waals surface area (Å²) in [5, 5.41) is 0.861. The van der Waals surface area contributed by atoms with Gasteiger partial charge < -0.3 is 5.43 Å². The number of benzene rings is 2. The van der Waals surface area contributed by atoms with Crippen LogP contribution in [-0.4, -0.2) is 12.0 Å². The van der Waals surface area contributed by atoms with E-state index in [0.29, 0.717) is 11.4 Å². The second-order valence-corrected chi connectivity index (χ2v) is 6.08. The smallest absolute Gasteiger partial charge is 0.306 e. The molecule has 3 rings (SSSR count). The number of anilines is 1. The maximum Gasteiger partial charge on any atom is 0.416 e. The molecule has 0 atom stereocenters. The van der Waals surface area contributed by atoms with Crippen molar-refractivity contribution >= 4 is 32.7 Å². The highest BCUT2D eigenvalue weighted by atomic mass is 79.9. The lowest BCUT2D eigenvalue weighted by molar-refractivity contribution is -0.137. The molecule has 7 heteroatoms. The zero-order chi connectivity index (χ0) is 17.3. The predicted octanol–water partition coefficient (Wildman–Crippen LogP) is 5.23. The predicted molar refractivity (Wildman–Crippen MR) is 92.6 cm³/mol. The van der Waals surface area contributed by atoms with Gasteiger partial charge in [0.05, 0.1) is 11.1 Å². The molecule has 2 N–H and O–H groups in total. The van der Waals surface area contributed by atoms with Gasteiger partial charge in [-0.3, -0.25) is 0 Å². The van der Waals surface area contributed by atoms with E-state index in [-0.39, 0.29) is 0 Å². The Labute approximate surface area is 145 Å².